The lowest BCUT2D eigenvalue weighted by Gasteiger charge is -2.31. The zero-order valence-corrected chi connectivity index (χ0v) is 16.1. The second-order valence-electron chi connectivity index (χ2n) is 6.60. The van der Waals surface area contributed by atoms with Crippen LogP contribution in [0.3, 0.4) is 0 Å². The summed E-state index contributed by atoms with van der Waals surface area (Å²) < 4.78 is 4.99. The molecule has 148 valence electrons. The van der Waals surface area contributed by atoms with Gasteiger partial charge in [-0.3, -0.25) is 9.59 Å². The molecule has 1 aromatic rings. The van der Waals surface area contributed by atoms with Crippen LogP contribution in [0.1, 0.15) is 38.7 Å². The minimum Gasteiger partial charge on any atom is -0.450 e. The number of rotatable bonds is 7. The van der Waals surface area contributed by atoms with Crippen LogP contribution in [0.15, 0.2) is 30.3 Å². The van der Waals surface area contributed by atoms with Crippen LogP contribution in [0.2, 0.25) is 0 Å². The Labute approximate surface area is 160 Å². The average Bonchev–Trinajstić information content (AvgIpc) is 2.67. The minimum atomic E-state index is -0.308. The van der Waals surface area contributed by atoms with E-state index < -0.39 is 0 Å². The topological polar surface area (TPSA) is 79.0 Å². The van der Waals surface area contributed by atoms with Crippen LogP contribution in [-0.2, 0) is 20.9 Å². The van der Waals surface area contributed by atoms with Crippen molar-refractivity contribution >= 4 is 17.9 Å². The summed E-state index contributed by atoms with van der Waals surface area (Å²) in [6.07, 6.45) is 0.871. The highest BCUT2D eigenvalue weighted by molar-refractivity contribution is 5.97. The number of piperidine rings is 1. The van der Waals surface area contributed by atoms with Crippen molar-refractivity contribution in [1.82, 2.24) is 15.1 Å². The molecule has 0 radical (unpaired) electrons. The first-order valence-electron chi connectivity index (χ1n) is 9.56. The Bertz CT molecular complexity index is 627. The van der Waals surface area contributed by atoms with E-state index in [1.165, 1.54) is 0 Å². The van der Waals surface area contributed by atoms with Crippen molar-refractivity contribution in [2.45, 2.75) is 45.7 Å². The maximum atomic E-state index is 12.4. The molecule has 0 spiro atoms. The fourth-order valence-corrected chi connectivity index (χ4v) is 3.13. The van der Waals surface area contributed by atoms with Gasteiger partial charge in [0.2, 0.25) is 11.8 Å². The molecule has 1 aliphatic rings. The smallest absolute Gasteiger partial charge is 0.409 e. The third-order valence-corrected chi connectivity index (χ3v) is 4.65. The number of nitrogens with one attached hydrogen (secondary N) is 1. The van der Waals surface area contributed by atoms with Crippen molar-refractivity contribution in [2.24, 2.45) is 0 Å². The summed E-state index contributed by atoms with van der Waals surface area (Å²) in [5.74, 6) is -0.441. The van der Waals surface area contributed by atoms with Crippen molar-refractivity contribution in [3.8, 4) is 0 Å². The van der Waals surface area contributed by atoms with Gasteiger partial charge in [-0.1, -0.05) is 30.3 Å². The number of hydrogen-bond donors (Lipinski definition) is 1. The van der Waals surface area contributed by atoms with Gasteiger partial charge in [0, 0.05) is 32.2 Å². The second-order valence-corrected chi connectivity index (χ2v) is 6.60. The molecule has 0 saturated carbocycles. The molecule has 0 aromatic heterocycles. The molecule has 0 aliphatic carbocycles. The van der Waals surface area contributed by atoms with Crippen molar-refractivity contribution in [3.05, 3.63) is 35.9 Å². The Kier molecular flexibility index (Phi) is 8.10. The van der Waals surface area contributed by atoms with Gasteiger partial charge in [-0.25, -0.2) is 4.79 Å². The van der Waals surface area contributed by atoms with E-state index in [9.17, 15) is 14.4 Å². The largest absolute Gasteiger partial charge is 0.450 e. The molecule has 1 heterocycles. The van der Waals surface area contributed by atoms with Crippen LogP contribution in [-0.4, -0.2) is 60.0 Å². The van der Waals surface area contributed by atoms with E-state index in [2.05, 4.69) is 5.32 Å². The Balaban J connectivity index is 1.76. The highest BCUT2D eigenvalue weighted by atomic mass is 16.6. The molecule has 27 heavy (non-hydrogen) atoms. The number of benzene rings is 1. The van der Waals surface area contributed by atoms with Crippen molar-refractivity contribution < 1.29 is 19.1 Å². The first-order chi connectivity index (χ1) is 13.0. The van der Waals surface area contributed by atoms with Crippen LogP contribution >= 0.6 is 0 Å². The Morgan fingerprint density at radius 1 is 1.15 bits per heavy atom. The summed E-state index contributed by atoms with van der Waals surface area (Å²) in [4.78, 5) is 39.7. The molecule has 7 nitrogen and oxygen atoms in total. The second kappa shape index (κ2) is 10.5. The molecule has 3 amide bonds. The average molecular weight is 375 g/mol. The van der Waals surface area contributed by atoms with Crippen molar-refractivity contribution in [1.29, 1.82) is 0 Å². The standard InChI is InChI=1S/C20H29N3O4/c1-3-22(15-16-8-6-5-7-9-16)19(25)14-18(24)21-17-10-12-23(13-11-17)20(26)27-4-2/h5-9,17H,3-4,10-15H2,1-2H3,(H,21,24). The van der Waals surface area contributed by atoms with E-state index in [4.69, 9.17) is 4.74 Å². The van der Waals surface area contributed by atoms with Crippen LogP contribution in [0.4, 0.5) is 4.79 Å². The molecule has 2 rings (SSSR count). The van der Waals surface area contributed by atoms with Gasteiger partial charge in [0.25, 0.3) is 0 Å². The number of amides is 3. The minimum absolute atomic E-state index is 0.0137. The summed E-state index contributed by atoms with van der Waals surface area (Å²) in [6, 6.07) is 9.72. The lowest BCUT2D eigenvalue weighted by molar-refractivity contribution is -0.136. The molecule has 0 bridgehead atoms. The highest BCUT2D eigenvalue weighted by Gasteiger charge is 2.25. The summed E-state index contributed by atoms with van der Waals surface area (Å²) in [7, 11) is 0. The number of likely N-dealkylation sites (tertiary alicyclic amines) is 1. The first-order valence-corrected chi connectivity index (χ1v) is 9.56. The third kappa shape index (κ3) is 6.58. The number of nitrogens with zero attached hydrogens (tertiary/aromatic N) is 2. The summed E-state index contributed by atoms with van der Waals surface area (Å²) >= 11 is 0. The van der Waals surface area contributed by atoms with Crippen LogP contribution in [0.25, 0.3) is 0 Å². The van der Waals surface area contributed by atoms with Gasteiger partial charge in [0.1, 0.15) is 6.42 Å². The van der Waals surface area contributed by atoms with Crippen molar-refractivity contribution in [3.63, 3.8) is 0 Å². The number of hydrogen-bond acceptors (Lipinski definition) is 4. The predicted octanol–water partition coefficient (Wildman–Crippen LogP) is 2.16. The van der Waals surface area contributed by atoms with E-state index in [0.29, 0.717) is 45.6 Å². The van der Waals surface area contributed by atoms with Crippen LogP contribution in [0.5, 0.6) is 0 Å². The fourth-order valence-electron chi connectivity index (χ4n) is 3.13. The van der Waals surface area contributed by atoms with Gasteiger partial charge in [-0.2, -0.15) is 0 Å². The van der Waals surface area contributed by atoms with Gasteiger partial charge in [0.05, 0.1) is 6.61 Å². The lowest BCUT2D eigenvalue weighted by Crippen LogP contribution is -2.47. The maximum Gasteiger partial charge on any atom is 0.409 e. The van der Waals surface area contributed by atoms with E-state index >= 15 is 0 Å². The Morgan fingerprint density at radius 3 is 2.41 bits per heavy atom. The number of ether oxygens (including phenoxy) is 1. The van der Waals surface area contributed by atoms with Crippen LogP contribution < -0.4 is 5.32 Å². The Morgan fingerprint density at radius 2 is 1.81 bits per heavy atom. The molecular weight excluding hydrogens is 346 g/mol. The van der Waals surface area contributed by atoms with E-state index in [1.807, 2.05) is 37.3 Å². The lowest BCUT2D eigenvalue weighted by atomic mass is 10.1. The van der Waals surface area contributed by atoms with Gasteiger partial charge in [-0.15, -0.1) is 0 Å². The normalized spacial score (nSPS) is 14.5. The molecule has 0 unspecified atom stereocenters. The maximum absolute atomic E-state index is 12.4. The van der Waals surface area contributed by atoms with E-state index in [0.717, 1.165) is 5.56 Å². The predicted molar refractivity (Wildman–Crippen MR) is 102 cm³/mol. The summed E-state index contributed by atoms with van der Waals surface area (Å²) in [5.41, 5.74) is 1.04. The highest BCUT2D eigenvalue weighted by Crippen LogP contribution is 2.12. The van der Waals surface area contributed by atoms with Gasteiger partial charge in [-0.05, 0) is 32.3 Å². The number of carbonyl (C=O) groups excluding carboxylic acids is 3. The molecular formula is C20H29N3O4. The summed E-state index contributed by atoms with van der Waals surface area (Å²) in [5, 5.41) is 2.92. The number of carbonyl (C=O) groups is 3. The van der Waals surface area contributed by atoms with Gasteiger partial charge in [0.15, 0.2) is 0 Å². The Hall–Kier alpha value is -2.57. The van der Waals surface area contributed by atoms with E-state index in [1.54, 1.807) is 16.7 Å². The molecule has 1 aliphatic heterocycles. The zero-order chi connectivity index (χ0) is 19.6. The third-order valence-electron chi connectivity index (χ3n) is 4.65. The molecule has 1 fully saturated rings. The van der Waals surface area contributed by atoms with Gasteiger partial charge < -0.3 is 19.9 Å². The van der Waals surface area contributed by atoms with E-state index in [-0.39, 0.29) is 30.4 Å². The molecule has 1 aromatic carbocycles. The monoisotopic (exact) mass is 375 g/mol. The quantitative estimate of drug-likeness (QED) is 0.741. The molecule has 1 N–H and O–H groups in total. The first kappa shape index (κ1) is 20.7. The molecule has 7 heteroatoms. The van der Waals surface area contributed by atoms with Crippen LogP contribution in [0, 0.1) is 0 Å². The van der Waals surface area contributed by atoms with Gasteiger partial charge >= 0.3 is 6.09 Å². The zero-order valence-electron chi connectivity index (χ0n) is 16.1. The summed E-state index contributed by atoms with van der Waals surface area (Å²) in [6.45, 7) is 6.19. The van der Waals surface area contributed by atoms with Crippen molar-refractivity contribution in [2.75, 3.05) is 26.2 Å². The fraction of sp³-hybridized carbons (Fsp3) is 0.550. The SMILES string of the molecule is CCOC(=O)N1CCC(NC(=O)CC(=O)N(CC)Cc2ccccc2)CC1. The molecule has 1 saturated heterocycles. The molecule has 0 atom stereocenters.